The van der Waals surface area contributed by atoms with E-state index < -0.39 is 5.60 Å². The SMILES string of the molecule is Cc1cc(C[C@H]2CC[C@H](C)N(C(=O)OC(C)(C)C)C2)ccn1.Cc1cc(C[C@H]2CC[C@H](C)NC2)ccn1.Cl. The summed E-state index contributed by atoms with van der Waals surface area (Å²) >= 11 is 0. The molecule has 2 aromatic heterocycles. The van der Waals surface area contributed by atoms with E-state index >= 15 is 0 Å². The highest BCUT2D eigenvalue weighted by atomic mass is 35.5. The summed E-state index contributed by atoms with van der Waals surface area (Å²) in [5.41, 5.74) is 4.47. The van der Waals surface area contributed by atoms with Crippen LogP contribution in [-0.2, 0) is 17.6 Å². The summed E-state index contributed by atoms with van der Waals surface area (Å²) in [6.07, 6.45) is 10.7. The van der Waals surface area contributed by atoms with E-state index in [2.05, 4.69) is 60.3 Å². The summed E-state index contributed by atoms with van der Waals surface area (Å²) in [5, 5.41) is 3.55. The number of nitrogens with zero attached hydrogens (tertiary/aromatic N) is 3. The second-order valence-electron chi connectivity index (χ2n) is 12.2. The lowest BCUT2D eigenvalue weighted by atomic mass is 9.88. The average Bonchev–Trinajstić information content (AvgIpc) is 2.81. The van der Waals surface area contributed by atoms with Crippen LogP contribution in [0.1, 0.15) is 82.8 Å². The van der Waals surface area contributed by atoms with Crippen molar-refractivity contribution in [1.29, 1.82) is 0 Å². The van der Waals surface area contributed by atoms with Gasteiger partial charge in [0.25, 0.3) is 0 Å². The number of likely N-dealkylation sites (tertiary alicyclic amines) is 1. The van der Waals surface area contributed by atoms with E-state index in [1.54, 1.807) is 0 Å². The monoisotopic (exact) mass is 544 g/mol. The smallest absolute Gasteiger partial charge is 0.410 e. The number of ether oxygens (including phenoxy) is 1. The first-order valence-electron chi connectivity index (χ1n) is 14.0. The molecule has 4 atom stereocenters. The number of amides is 1. The Bertz CT molecular complexity index is 1000. The van der Waals surface area contributed by atoms with Crippen molar-refractivity contribution in [3.05, 3.63) is 59.2 Å². The Hall–Kier alpha value is -2.18. The van der Waals surface area contributed by atoms with Crippen molar-refractivity contribution in [2.45, 2.75) is 105 Å². The zero-order valence-electron chi connectivity index (χ0n) is 24.5. The van der Waals surface area contributed by atoms with Crippen LogP contribution in [0.15, 0.2) is 36.7 Å². The summed E-state index contributed by atoms with van der Waals surface area (Å²) in [4.78, 5) is 22.7. The quantitative estimate of drug-likeness (QED) is 0.463. The summed E-state index contributed by atoms with van der Waals surface area (Å²) in [5.74, 6) is 1.30. The first-order valence-corrected chi connectivity index (χ1v) is 14.0. The van der Waals surface area contributed by atoms with Crippen molar-refractivity contribution in [1.82, 2.24) is 20.2 Å². The summed E-state index contributed by atoms with van der Waals surface area (Å²) < 4.78 is 5.54. The largest absolute Gasteiger partial charge is 0.444 e. The first kappa shape index (κ1) is 32.0. The van der Waals surface area contributed by atoms with Crippen LogP contribution >= 0.6 is 12.4 Å². The summed E-state index contributed by atoms with van der Waals surface area (Å²) in [6, 6.07) is 9.52. The van der Waals surface area contributed by atoms with E-state index in [4.69, 9.17) is 4.74 Å². The normalized spacial score (nSPS) is 23.5. The number of hydrogen-bond acceptors (Lipinski definition) is 5. The van der Waals surface area contributed by atoms with Gasteiger partial charge in [-0.1, -0.05) is 0 Å². The van der Waals surface area contributed by atoms with Gasteiger partial charge in [0, 0.05) is 42.4 Å². The van der Waals surface area contributed by atoms with Gasteiger partial charge in [-0.25, -0.2) is 4.79 Å². The Morgan fingerprint density at radius 1 is 0.947 bits per heavy atom. The second-order valence-corrected chi connectivity index (χ2v) is 12.2. The topological polar surface area (TPSA) is 67.4 Å². The van der Waals surface area contributed by atoms with Crippen molar-refractivity contribution in [2.24, 2.45) is 11.8 Å². The number of carbonyl (C=O) groups excluding carboxylic acids is 1. The Labute approximate surface area is 236 Å². The van der Waals surface area contributed by atoms with E-state index in [-0.39, 0.29) is 24.5 Å². The molecule has 4 rings (SSSR count). The maximum absolute atomic E-state index is 12.4. The number of halogens is 1. The molecular weight excluding hydrogens is 496 g/mol. The van der Waals surface area contributed by atoms with Crippen molar-refractivity contribution in [3.63, 3.8) is 0 Å². The molecule has 38 heavy (non-hydrogen) atoms. The average molecular weight is 545 g/mol. The molecule has 212 valence electrons. The molecule has 0 unspecified atom stereocenters. The van der Waals surface area contributed by atoms with Gasteiger partial charge in [-0.15, -0.1) is 12.4 Å². The van der Waals surface area contributed by atoms with Gasteiger partial charge in [-0.3, -0.25) is 9.97 Å². The van der Waals surface area contributed by atoms with Gasteiger partial charge in [0.2, 0.25) is 0 Å². The molecule has 0 bridgehead atoms. The van der Waals surface area contributed by atoms with Gasteiger partial charge >= 0.3 is 6.09 Å². The Balaban J connectivity index is 0.000000277. The molecule has 1 N–H and O–H groups in total. The standard InChI is InChI=1S/C18H28N2O2.C13H20N2.ClH/c1-13-10-15(8-9-19-13)11-16-7-6-14(2)20(12-16)17(21)22-18(3,4)5;1-10-3-4-13(9-15-10)8-12-5-6-14-11(2)7-12;/h8-10,14,16H,6-7,11-12H2,1-5H3;5-7,10,13,15H,3-4,8-9H2,1-2H3;1H/t14-,16+;10-,13+;/m00./s1. The maximum atomic E-state index is 12.4. The molecule has 4 heterocycles. The number of aromatic nitrogens is 2. The van der Waals surface area contributed by atoms with Crippen LogP contribution in [0, 0.1) is 25.7 Å². The van der Waals surface area contributed by atoms with Gasteiger partial charge in [-0.05, 0) is 141 Å². The van der Waals surface area contributed by atoms with Crippen molar-refractivity contribution in [2.75, 3.05) is 13.1 Å². The van der Waals surface area contributed by atoms with Crippen LogP contribution in [0.5, 0.6) is 0 Å². The van der Waals surface area contributed by atoms with Crippen LogP contribution in [0.4, 0.5) is 4.79 Å². The van der Waals surface area contributed by atoms with Crippen LogP contribution in [-0.4, -0.2) is 51.7 Å². The fraction of sp³-hybridized carbons (Fsp3) is 0.645. The van der Waals surface area contributed by atoms with Crippen molar-refractivity contribution in [3.8, 4) is 0 Å². The third kappa shape index (κ3) is 10.9. The molecule has 2 aliphatic rings. The molecule has 0 saturated carbocycles. The van der Waals surface area contributed by atoms with E-state index in [0.717, 1.165) is 43.1 Å². The summed E-state index contributed by atoms with van der Waals surface area (Å²) in [6.45, 7) is 16.1. The number of pyridine rings is 2. The van der Waals surface area contributed by atoms with Gasteiger partial charge in [0.1, 0.15) is 5.60 Å². The molecule has 1 amide bonds. The lowest BCUT2D eigenvalue weighted by Gasteiger charge is -2.38. The predicted octanol–water partition coefficient (Wildman–Crippen LogP) is 6.71. The third-order valence-electron chi connectivity index (χ3n) is 7.34. The number of rotatable bonds is 4. The van der Waals surface area contributed by atoms with Crippen LogP contribution in [0.2, 0.25) is 0 Å². The molecule has 2 saturated heterocycles. The minimum absolute atomic E-state index is 0. The lowest BCUT2D eigenvalue weighted by Crippen LogP contribution is -2.48. The lowest BCUT2D eigenvalue weighted by molar-refractivity contribution is 0.00540. The minimum Gasteiger partial charge on any atom is -0.444 e. The zero-order valence-corrected chi connectivity index (χ0v) is 25.3. The van der Waals surface area contributed by atoms with Gasteiger partial charge in [-0.2, -0.15) is 0 Å². The van der Waals surface area contributed by atoms with E-state index in [9.17, 15) is 4.79 Å². The molecule has 2 fully saturated rings. The molecule has 2 aromatic rings. The highest BCUT2D eigenvalue weighted by Gasteiger charge is 2.32. The number of hydrogen-bond donors (Lipinski definition) is 1. The number of aryl methyl sites for hydroxylation is 2. The van der Waals surface area contributed by atoms with E-state index in [0.29, 0.717) is 12.0 Å². The molecule has 0 spiro atoms. The number of nitrogens with one attached hydrogen (secondary N) is 1. The molecule has 0 radical (unpaired) electrons. The highest BCUT2D eigenvalue weighted by Crippen LogP contribution is 2.26. The van der Waals surface area contributed by atoms with Crippen molar-refractivity contribution >= 4 is 18.5 Å². The predicted molar refractivity (Wildman–Crippen MR) is 158 cm³/mol. The Kier molecular flexibility index (Phi) is 12.5. The maximum Gasteiger partial charge on any atom is 0.410 e. The zero-order chi connectivity index (χ0) is 27.0. The van der Waals surface area contributed by atoms with Crippen molar-refractivity contribution < 1.29 is 9.53 Å². The molecule has 0 aliphatic carbocycles. The molecule has 2 aliphatic heterocycles. The van der Waals surface area contributed by atoms with Crippen LogP contribution in [0.25, 0.3) is 0 Å². The molecule has 0 aromatic carbocycles. The molecule has 7 heteroatoms. The minimum atomic E-state index is -0.439. The van der Waals surface area contributed by atoms with Gasteiger partial charge in [0.05, 0.1) is 0 Å². The fourth-order valence-corrected chi connectivity index (χ4v) is 5.28. The van der Waals surface area contributed by atoms with Crippen LogP contribution < -0.4 is 5.32 Å². The second kappa shape index (κ2) is 14.8. The van der Waals surface area contributed by atoms with Crippen LogP contribution in [0.3, 0.4) is 0 Å². The molecule has 6 nitrogen and oxygen atoms in total. The third-order valence-corrected chi connectivity index (χ3v) is 7.34. The number of piperidine rings is 2. The van der Waals surface area contributed by atoms with Gasteiger partial charge < -0.3 is 15.0 Å². The van der Waals surface area contributed by atoms with Gasteiger partial charge in [0.15, 0.2) is 0 Å². The Morgan fingerprint density at radius 3 is 2.00 bits per heavy atom. The van der Waals surface area contributed by atoms with E-state index in [1.165, 1.54) is 36.9 Å². The first-order chi connectivity index (χ1) is 17.5. The fourth-order valence-electron chi connectivity index (χ4n) is 5.28. The highest BCUT2D eigenvalue weighted by molar-refractivity contribution is 5.85. The summed E-state index contributed by atoms with van der Waals surface area (Å²) in [7, 11) is 0. The van der Waals surface area contributed by atoms with E-state index in [1.807, 2.05) is 45.0 Å². The molecular formula is C31H49ClN4O2. The number of carbonyl (C=O) groups is 1. The Morgan fingerprint density at radius 2 is 1.50 bits per heavy atom.